The summed E-state index contributed by atoms with van der Waals surface area (Å²) in [6, 6.07) is 1.86. The number of nitrogens with zero attached hydrogens (tertiary/aromatic N) is 1. The molecule has 1 fully saturated rings. The van der Waals surface area contributed by atoms with Gasteiger partial charge in [0.1, 0.15) is 0 Å². The molecule has 0 radical (unpaired) electrons. The largest absolute Gasteiger partial charge is 0.349 e. The third-order valence-corrected chi connectivity index (χ3v) is 6.79. The number of Topliss-reactive ketones (excluding diaryl/α,β-unsaturated/α-hetero) is 1. The molecule has 2 aliphatic rings. The van der Waals surface area contributed by atoms with Crippen LogP contribution in [0.2, 0.25) is 0 Å². The average molecular weight is 295 g/mol. The third kappa shape index (κ3) is 2.32. The summed E-state index contributed by atoms with van der Waals surface area (Å²) in [7, 11) is -2.94. The Kier molecular flexibility index (Phi) is 3.08. The van der Waals surface area contributed by atoms with Crippen molar-refractivity contribution >= 4 is 15.6 Å². The van der Waals surface area contributed by atoms with E-state index >= 15 is 0 Å². The van der Waals surface area contributed by atoms with Gasteiger partial charge in [-0.2, -0.15) is 0 Å². The number of hydrogen-bond acceptors (Lipinski definition) is 3. The van der Waals surface area contributed by atoms with Crippen LogP contribution in [0.25, 0.3) is 0 Å². The molecule has 1 atom stereocenters. The van der Waals surface area contributed by atoms with Gasteiger partial charge in [-0.3, -0.25) is 4.79 Å². The maximum Gasteiger partial charge on any atom is 0.165 e. The van der Waals surface area contributed by atoms with E-state index in [1.165, 1.54) is 0 Å². The Morgan fingerprint density at radius 3 is 2.75 bits per heavy atom. The molecule has 2 heterocycles. The van der Waals surface area contributed by atoms with Crippen molar-refractivity contribution in [3.8, 4) is 0 Å². The predicted octanol–water partition coefficient (Wildman–Crippen LogP) is 2.22. The Balaban J connectivity index is 1.92. The minimum Gasteiger partial charge on any atom is -0.349 e. The first-order valence-electron chi connectivity index (χ1n) is 7.21. The van der Waals surface area contributed by atoms with E-state index in [0.29, 0.717) is 18.7 Å². The minimum absolute atomic E-state index is 0.0330. The third-order valence-electron chi connectivity index (χ3n) is 4.53. The highest BCUT2D eigenvalue weighted by Gasteiger charge is 2.35. The first kappa shape index (κ1) is 13.9. The van der Waals surface area contributed by atoms with E-state index in [2.05, 4.69) is 13.8 Å². The summed E-state index contributed by atoms with van der Waals surface area (Å²) in [6.07, 6.45) is 4.81. The molecule has 4 nitrogen and oxygen atoms in total. The molecule has 0 saturated carbocycles. The van der Waals surface area contributed by atoms with Gasteiger partial charge in [-0.15, -0.1) is 0 Å². The van der Waals surface area contributed by atoms with Crippen LogP contribution in [0.15, 0.2) is 12.3 Å². The van der Waals surface area contributed by atoms with E-state index < -0.39 is 9.84 Å². The van der Waals surface area contributed by atoms with E-state index in [1.54, 1.807) is 0 Å². The average Bonchev–Trinajstić information content (AvgIpc) is 2.83. The summed E-state index contributed by atoms with van der Waals surface area (Å²) in [5.41, 5.74) is 1.78. The first-order chi connectivity index (χ1) is 9.28. The maximum absolute atomic E-state index is 12.1. The maximum atomic E-state index is 12.1. The van der Waals surface area contributed by atoms with Crippen molar-refractivity contribution in [2.24, 2.45) is 5.41 Å². The predicted molar refractivity (Wildman–Crippen MR) is 77.7 cm³/mol. The zero-order chi connectivity index (χ0) is 14.5. The molecule has 1 aromatic heterocycles. The Bertz CT molecular complexity index is 655. The van der Waals surface area contributed by atoms with Gasteiger partial charge >= 0.3 is 0 Å². The molecule has 0 amide bonds. The molecule has 0 spiro atoms. The quantitative estimate of drug-likeness (QED) is 0.840. The van der Waals surface area contributed by atoms with Gasteiger partial charge in [0.15, 0.2) is 15.6 Å². The van der Waals surface area contributed by atoms with Crippen molar-refractivity contribution in [1.29, 1.82) is 0 Å². The molecule has 0 aromatic carbocycles. The molecule has 1 aliphatic heterocycles. The smallest absolute Gasteiger partial charge is 0.165 e. The first-order valence-corrected chi connectivity index (χ1v) is 8.93. The highest BCUT2D eigenvalue weighted by molar-refractivity contribution is 7.92. The van der Waals surface area contributed by atoms with Gasteiger partial charge in [-0.1, -0.05) is 13.8 Å². The summed E-state index contributed by atoms with van der Waals surface area (Å²) < 4.78 is 25.9. The van der Waals surface area contributed by atoms with E-state index in [-0.39, 0.29) is 16.4 Å². The van der Waals surface area contributed by atoms with Crippen LogP contribution < -0.4 is 0 Å². The standard InChI is InChI=1S/C15H21NO3S/c1-15(2)8-13-12(14(17)9-15)5-6-16(13)10-11-4-3-7-20(11,18)19/h5-6,11H,3-4,7-10H2,1-2H3. The second-order valence-electron chi connectivity index (χ2n) is 6.90. The number of rotatable bonds is 2. The van der Waals surface area contributed by atoms with Crippen molar-refractivity contribution in [2.75, 3.05) is 5.75 Å². The minimum atomic E-state index is -2.94. The Hall–Kier alpha value is -1.10. The number of hydrogen-bond donors (Lipinski definition) is 0. The molecule has 0 N–H and O–H groups in total. The van der Waals surface area contributed by atoms with Gasteiger partial charge in [0, 0.05) is 30.4 Å². The van der Waals surface area contributed by atoms with Crippen LogP contribution in [-0.2, 0) is 22.8 Å². The number of ketones is 1. The second kappa shape index (κ2) is 4.45. The van der Waals surface area contributed by atoms with Gasteiger partial charge in [-0.05, 0) is 30.7 Å². The lowest BCUT2D eigenvalue weighted by Crippen LogP contribution is -2.30. The van der Waals surface area contributed by atoms with Crippen LogP contribution in [-0.4, -0.2) is 29.8 Å². The molecule has 0 bridgehead atoms. The van der Waals surface area contributed by atoms with Crippen LogP contribution in [0, 0.1) is 5.41 Å². The SMILES string of the molecule is CC1(C)CC(=O)c2ccn(CC3CCCS3(=O)=O)c2C1. The summed E-state index contributed by atoms with van der Waals surface area (Å²) in [6.45, 7) is 4.69. The van der Waals surface area contributed by atoms with Crippen LogP contribution >= 0.6 is 0 Å². The molecular formula is C15H21NO3S. The number of carbonyl (C=O) groups excluding carboxylic acids is 1. The van der Waals surface area contributed by atoms with Gasteiger partial charge in [-0.25, -0.2) is 8.42 Å². The van der Waals surface area contributed by atoms with E-state index in [1.807, 2.05) is 16.8 Å². The van der Waals surface area contributed by atoms with Crippen LogP contribution in [0.4, 0.5) is 0 Å². The van der Waals surface area contributed by atoms with Gasteiger partial charge < -0.3 is 4.57 Å². The highest BCUT2D eigenvalue weighted by atomic mass is 32.2. The zero-order valence-corrected chi connectivity index (χ0v) is 12.9. The molecule has 3 rings (SSSR count). The normalized spacial score (nSPS) is 27.5. The summed E-state index contributed by atoms with van der Waals surface area (Å²) in [5.74, 6) is 0.496. The monoisotopic (exact) mass is 295 g/mol. The number of fused-ring (bicyclic) bond motifs is 1. The lowest BCUT2D eigenvalue weighted by Gasteiger charge is -2.30. The zero-order valence-electron chi connectivity index (χ0n) is 12.1. The van der Waals surface area contributed by atoms with Gasteiger partial charge in [0.05, 0.1) is 11.0 Å². The summed E-state index contributed by atoms with van der Waals surface area (Å²) >= 11 is 0. The van der Waals surface area contributed by atoms with Crippen LogP contribution in [0.1, 0.15) is 49.2 Å². The number of carbonyl (C=O) groups is 1. The van der Waals surface area contributed by atoms with E-state index in [4.69, 9.17) is 0 Å². The number of sulfone groups is 1. The molecule has 1 unspecified atom stereocenters. The van der Waals surface area contributed by atoms with Gasteiger partial charge in [0.25, 0.3) is 0 Å². The summed E-state index contributed by atoms with van der Waals surface area (Å²) in [5, 5.41) is -0.279. The Morgan fingerprint density at radius 2 is 2.10 bits per heavy atom. The second-order valence-corrected chi connectivity index (χ2v) is 9.30. The molecule has 1 aromatic rings. The van der Waals surface area contributed by atoms with Crippen LogP contribution in [0.5, 0.6) is 0 Å². The molecule has 110 valence electrons. The van der Waals surface area contributed by atoms with E-state index in [9.17, 15) is 13.2 Å². The van der Waals surface area contributed by atoms with Crippen molar-refractivity contribution < 1.29 is 13.2 Å². The fourth-order valence-corrected chi connectivity index (χ4v) is 5.27. The Labute approximate surface area is 120 Å². The van der Waals surface area contributed by atoms with Crippen molar-refractivity contribution in [3.05, 3.63) is 23.5 Å². The molecule has 20 heavy (non-hydrogen) atoms. The van der Waals surface area contributed by atoms with Crippen molar-refractivity contribution in [3.63, 3.8) is 0 Å². The lowest BCUT2D eigenvalue weighted by molar-refractivity contribution is 0.0910. The highest BCUT2D eigenvalue weighted by Crippen LogP contribution is 2.35. The topological polar surface area (TPSA) is 56.1 Å². The molecule has 1 saturated heterocycles. The van der Waals surface area contributed by atoms with E-state index in [0.717, 1.165) is 30.5 Å². The van der Waals surface area contributed by atoms with Crippen molar-refractivity contribution in [2.45, 2.75) is 51.3 Å². The molecular weight excluding hydrogens is 274 g/mol. The fraction of sp³-hybridized carbons (Fsp3) is 0.667. The Morgan fingerprint density at radius 1 is 1.35 bits per heavy atom. The lowest BCUT2D eigenvalue weighted by atomic mass is 9.76. The molecule has 1 aliphatic carbocycles. The van der Waals surface area contributed by atoms with Crippen LogP contribution in [0.3, 0.4) is 0 Å². The fourth-order valence-electron chi connectivity index (χ4n) is 3.46. The van der Waals surface area contributed by atoms with Crippen molar-refractivity contribution in [1.82, 2.24) is 4.57 Å². The van der Waals surface area contributed by atoms with Gasteiger partial charge in [0.2, 0.25) is 0 Å². The summed E-state index contributed by atoms with van der Waals surface area (Å²) in [4.78, 5) is 12.1. The number of aromatic nitrogens is 1. The molecule has 5 heteroatoms.